The van der Waals surface area contributed by atoms with Gasteiger partial charge in [-0.05, 0) is 54.3 Å². The normalized spacial score (nSPS) is 21.3. The van der Waals surface area contributed by atoms with Gasteiger partial charge in [0.05, 0.1) is 0 Å². The summed E-state index contributed by atoms with van der Waals surface area (Å²) < 4.78 is 1.22. The van der Waals surface area contributed by atoms with E-state index in [1.807, 2.05) is 11.3 Å². The minimum absolute atomic E-state index is 0.728. The molecule has 0 bridgehead atoms. The molecular weight excluding hydrogens is 308 g/mol. The van der Waals surface area contributed by atoms with Crippen LogP contribution in [0.5, 0.6) is 0 Å². The molecule has 2 rings (SSSR count). The monoisotopic (exact) mass is 330 g/mol. The number of piperidine rings is 1. The summed E-state index contributed by atoms with van der Waals surface area (Å²) in [7, 11) is 0. The lowest BCUT2D eigenvalue weighted by Crippen LogP contribution is -2.44. The van der Waals surface area contributed by atoms with Gasteiger partial charge >= 0.3 is 0 Å². The molecule has 1 unspecified atom stereocenters. The van der Waals surface area contributed by atoms with E-state index in [-0.39, 0.29) is 0 Å². The van der Waals surface area contributed by atoms with Crippen molar-refractivity contribution in [3.8, 4) is 0 Å². The first kappa shape index (κ1) is 14.5. The van der Waals surface area contributed by atoms with Crippen LogP contribution < -0.4 is 5.32 Å². The second kappa shape index (κ2) is 7.63. The van der Waals surface area contributed by atoms with Crippen molar-refractivity contribution in [1.82, 2.24) is 10.2 Å². The zero-order valence-electron chi connectivity index (χ0n) is 11.1. The summed E-state index contributed by atoms with van der Waals surface area (Å²) in [5, 5.41) is 5.76. The lowest BCUT2D eigenvalue weighted by molar-refractivity contribution is 0.139. The van der Waals surface area contributed by atoms with Gasteiger partial charge in [-0.3, -0.25) is 4.90 Å². The molecule has 1 N–H and O–H groups in total. The van der Waals surface area contributed by atoms with Crippen molar-refractivity contribution in [3.63, 3.8) is 0 Å². The molecule has 1 aromatic heterocycles. The summed E-state index contributed by atoms with van der Waals surface area (Å²) in [5.41, 5.74) is 0. The first-order chi connectivity index (χ1) is 8.79. The van der Waals surface area contributed by atoms with E-state index in [9.17, 15) is 0 Å². The number of likely N-dealkylation sites (tertiary alicyclic amines) is 1. The van der Waals surface area contributed by atoms with Crippen LogP contribution in [0.2, 0.25) is 0 Å². The highest BCUT2D eigenvalue weighted by Gasteiger charge is 2.22. The molecule has 0 amide bonds. The molecule has 0 radical (unpaired) electrons. The lowest BCUT2D eigenvalue weighted by Gasteiger charge is -2.35. The van der Waals surface area contributed by atoms with E-state index in [0.29, 0.717) is 0 Å². The highest BCUT2D eigenvalue weighted by atomic mass is 79.9. The summed E-state index contributed by atoms with van der Waals surface area (Å²) in [5.74, 6) is 0. The number of halogens is 1. The summed E-state index contributed by atoms with van der Waals surface area (Å²) >= 11 is 5.41. The minimum atomic E-state index is 0.728. The van der Waals surface area contributed by atoms with Crippen LogP contribution in [-0.4, -0.2) is 30.6 Å². The quantitative estimate of drug-likeness (QED) is 0.796. The first-order valence-electron chi connectivity index (χ1n) is 6.97. The van der Waals surface area contributed by atoms with Gasteiger partial charge in [0, 0.05) is 33.9 Å². The van der Waals surface area contributed by atoms with Gasteiger partial charge in [0.25, 0.3) is 0 Å². The van der Waals surface area contributed by atoms with E-state index in [1.165, 1.54) is 41.6 Å². The molecule has 2 heterocycles. The maximum absolute atomic E-state index is 3.58. The summed E-state index contributed by atoms with van der Waals surface area (Å²) in [6.45, 7) is 6.91. The molecule has 102 valence electrons. The topological polar surface area (TPSA) is 15.3 Å². The smallest absolute Gasteiger partial charge is 0.0331 e. The van der Waals surface area contributed by atoms with Gasteiger partial charge in [0.2, 0.25) is 0 Å². The highest BCUT2D eigenvalue weighted by molar-refractivity contribution is 9.10. The number of hydrogen-bond donors (Lipinski definition) is 1. The third-order valence-corrected chi connectivity index (χ3v) is 5.22. The van der Waals surface area contributed by atoms with E-state index in [1.54, 1.807) is 0 Å². The second-order valence-corrected chi connectivity index (χ2v) is 6.97. The maximum Gasteiger partial charge on any atom is 0.0331 e. The van der Waals surface area contributed by atoms with Gasteiger partial charge in [-0.2, -0.15) is 0 Å². The Kier molecular flexibility index (Phi) is 6.15. The number of hydrogen-bond acceptors (Lipinski definition) is 3. The lowest BCUT2D eigenvalue weighted by atomic mass is 10.0. The molecule has 1 fully saturated rings. The van der Waals surface area contributed by atoms with Crippen LogP contribution >= 0.6 is 27.3 Å². The predicted octanol–water partition coefficient (Wildman–Crippen LogP) is 3.86. The third-order valence-electron chi connectivity index (χ3n) is 3.54. The van der Waals surface area contributed by atoms with Crippen molar-refractivity contribution in [2.24, 2.45) is 0 Å². The van der Waals surface area contributed by atoms with Crippen molar-refractivity contribution >= 4 is 27.3 Å². The van der Waals surface area contributed by atoms with Crippen LogP contribution in [0, 0.1) is 0 Å². The molecule has 1 atom stereocenters. The Morgan fingerprint density at radius 2 is 2.39 bits per heavy atom. The molecule has 2 nitrogen and oxygen atoms in total. The maximum atomic E-state index is 3.58. The molecule has 0 aromatic carbocycles. The van der Waals surface area contributed by atoms with Crippen molar-refractivity contribution in [3.05, 3.63) is 20.8 Å². The molecule has 1 saturated heterocycles. The highest BCUT2D eigenvalue weighted by Crippen LogP contribution is 2.24. The Balaban J connectivity index is 1.86. The van der Waals surface area contributed by atoms with Gasteiger partial charge < -0.3 is 5.32 Å². The van der Waals surface area contributed by atoms with E-state index < -0.39 is 0 Å². The third kappa shape index (κ3) is 4.34. The molecule has 0 aliphatic carbocycles. The molecule has 0 saturated carbocycles. The average molecular weight is 331 g/mol. The molecule has 4 heteroatoms. The molecule has 1 aliphatic heterocycles. The number of nitrogens with zero attached hydrogens (tertiary/aromatic N) is 1. The largest absolute Gasteiger partial charge is 0.315 e. The fourth-order valence-electron chi connectivity index (χ4n) is 2.58. The average Bonchev–Trinajstić information content (AvgIpc) is 2.77. The Hall–Kier alpha value is 0.1000. The van der Waals surface area contributed by atoms with Crippen molar-refractivity contribution in [2.75, 3.05) is 19.6 Å². The summed E-state index contributed by atoms with van der Waals surface area (Å²) in [4.78, 5) is 4.13. The van der Waals surface area contributed by atoms with E-state index in [0.717, 1.165) is 25.7 Å². The molecule has 1 aromatic rings. The van der Waals surface area contributed by atoms with Crippen LogP contribution in [0.1, 0.15) is 37.5 Å². The van der Waals surface area contributed by atoms with Crippen LogP contribution in [0.4, 0.5) is 0 Å². The van der Waals surface area contributed by atoms with Gasteiger partial charge in [0.1, 0.15) is 0 Å². The molecular formula is C14H23BrN2S. The van der Waals surface area contributed by atoms with E-state index >= 15 is 0 Å². The van der Waals surface area contributed by atoms with Gasteiger partial charge in [-0.1, -0.05) is 13.3 Å². The fraction of sp³-hybridized carbons (Fsp3) is 0.714. The Labute approximate surface area is 123 Å². The molecule has 0 spiro atoms. The van der Waals surface area contributed by atoms with Gasteiger partial charge in [0.15, 0.2) is 0 Å². The Bertz CT molecular complexity index is 353. The molecule has 18 heavy (non-hydrogen) atoms. The van der Waals surface area contributed by atoms with Gasteiger partial charge in [-0.15, -0.1) is 11.3 Å². The SMILES string of the molecule is CCCNCC1CCCCN1Cc1cc(Br)cs1. The first-order valence-corrected chi connectivity index (χ1v) is 8.64. The number of nitrogens with one attached hydrogen (secondary N) is 1. The van der Waals surface area contributed by atoms with Crippen molar-refractivity contribution in [1.29, 1.82) is 0 Å². The Morgan fingerprint density at radius 1 is 1.50 bits per heavy atom. The summed E-state index contributed by atoms with van der Waals surface area (Å²) in [6.07, 6.45) is 5.33. The van der Waals surface area contributed by atoms with Crippen molar-refractivity contribution < 1.29 is 0 Å². The summed E-state index contributed by atoms with van der Waals surface area (Å²) in [6, 6.07) is 2.99. The van der Waals surface area contributed by atoms with Crippen LogP contribution in [0.25, 0.3) is 0 Å². The minimum Gasteiger partial charge on any atom is -0.315 e. The zero-order chi connectivity index (χ0) is 12.8. The van der Waals surface area contributed by atoms with Gasteiger partial charge in [-0.25, -0.2) is 0 Å². The van der Waals surface area contributed by atoms with Crippen LogP contribution in [0.3, 0.4) is 0 Å². The van der Waals surface area contributed by atoms with Crippen molar-refractivity contribution in [2.45, 2.75) is 45.2 Å². The second-order valence-electron chi connectivity index (χ2n) is 5.06. The van der Waals surface area contributed by atoms with Crippen LogP contribution in [0.15, 0.2) is 15.9 Å². The predicted molar refractivity (Wildman–Crippen MR) is 83.2 cm³/mol. The van der Waals surface area contributed by atoms with Crippen LogP contribution in [-0.2, 0) is 6.54 Å². The zero-order valence-corrected chi connectivity index (χ0v) is 13.5. The molecule has 1 aliphatic rings. The van der Waals surface area contributed by atoms with E-state index in [4.69, 9.17) is 0 Å². The van der Waals surface area contributed by atoms with E-state index in [2.05, 4.69) is 44.5 Å². The number of thiophene rings is 1. The number of rotatable bonds is 6. The standard InChI is InChI=1S/C14H23BrN2S/c1-2-6-16-9-13-5-3-4-7-17(13)10-14-8-12(15)11-18-14/h8,11,13,16H,2-7,9-10H2,1H3. The Morgan fingerprint density at radius 3 is 3.11 bits per heavy atom. The fourth-order valence-corrected chi connectivity index (χ4v) is 4.06.